The summed E-state index contributed by atoms with van der Waals surface area (Å²) in [7, 11) is 0. The second kappa shape index (κ2) is 6.02. The maximum Gasteiger partial charge on any atom is 0.324 e. The first-order valence-electron chi connectivity index (χ1n) is 7.25. The van der Waals surface area contributed by atoms with E-state index in [-0.39, 0.29) is 12.0 Å². The summed E-state index contributed by atoms with van der Waals surface area (Å²) in [6.45, 7) is 9.91. The van der Waals surface area contributed by atoms with E-state index in [1.807, 2.05) is 6.92 Å². The highest BCUT2D eigenvalue weighted by Crippen LogP contribution is 2.23. The largest absolute Gasteiger partial charge is 0.465 e. The van der Waals surface area contributed by atoms with Gasteiger partial charge in [-0.2, -0.15) is 0 Å². The highest BCUT2D eigenvalue weighted by molar-refractivity contribution is 5.76. The standard InChI is InChI=1S/C14H26N2O2/c1-4-18-14(17)13(15-12-5-6-12)9-16-7-10(2)11(3)8-16/h10-13,15H,4-9H2,1-3H3. The van der Waals surface area contributed by atoms with Crippen LogP contribution in [0.15, 0.2) is 0 Å². The molecule has 4 heteroatoms. The molecule has 3 unspecified atom stereocenters. The van der Waals surface area contributed by atoms with Crippen LogP contribution < -0.4 is 5.32 Å². The Morgan fingerprint density at radius 1 is 1.33 bits per heavy atom. The van der Waals surface area contributed by atoms with Gasteiger partial charge < -0.3 is 15.0 Å². The molecule has 2 fully saturated rings. The molecule has 0 aromatic carbocycles. The van der Waals surface area contributed by atoms with Gasteiger partial charge in [-0.25, -0.2) is 0 Å². The molecule has 104 valence electrons. The number of nitrogens with zero attached hydrogens (tertiary/aromatic N) is 1. The molecule has 0 spiro atoms. The summed E-state index contributed by atoms with van der Waals surface area (Å²) in [5, 5.41) is 3.42. The van der Waals surface area contributed by atoms with E-state index < -0.39 is 0 Å². The van der Waals surface area contributed by atoms with Gasteiger partial charge in [0.05, 0.1) is 6.61 Å². The molecule has 0 aromatic heterocycles. The second-order valence-corrected chi connectivity index (χ2v) is 5.92. The third-order valence-corrected chi connectivity index (χ3v) is 4.09. The number of hydrogen-bond donors (Lipinski definition) is 1. The van der Waals surface area contributed by atoms with E-state index in [4.69, 9.17) is 4.74 Å². The Labute approximate surface area is 110 Å². The fourth-order valence-electron chi connectivity index (χ4n) is 2.63. The second-order valence-electron chi connectivity index (χ2n) is 5.92. The van der Waals surface area contributed by atoms with Crippen LogP contribution in [-0.4, -0.2) is 49.2 Å². The van der Waals surface area contributed by atoms with Crippen molar-refractivity contribution in [1.29, 1.82) is 0 Å². The number of hydrogen-bond acceptors (Lipinski definition) is 4. The van der Waals surface area contributed by atoms with E-state index in [0.717, 1.165) is 31.5 Å². The molecule has 3 atom stereocenters. The van der Waals surface area contributed by atoms with Gasteiger partial charge in [-0.15, -0.1) is 0 Å². The van der Waals surface area contributed by atoms with Crippen molar-refractivity contribution in [3.8, 4) is 0 Å². The minimum Gasteiger partial charge on any atom is -0.465 e. The molecule has 1 heterocycles. The average Bonchev–Trinajstić information content (AvgIpc) is 3.06. The smallest absolute Gasteiger partial charge is 0.324 e. The van der Waals surface area contributed by atoms with Gasteiger partial charge >= 0.3 is 5.97 Å². The van der Waals surface area contributed by atoms with E-state index in [9.17, 15) is 4.79 Å². The normalized spacial score (nSPS) is 30.4. The summed E-state index contributed by atoms with van der Waals surface area (Å²) in [6.07, 6.45) is 2.39. The van der Waals surface area contributed by atoms with Gasteiger partial charge in [0.15, 0.2) is 0 Å². The fourth-order valence-corrected chi connectivity index (χ4v) is 2.63. The molecular weight excluding hydrogens is 228 g/mol. The predicted molar refractivity (Wildman–Crippen MR) is 71.3 cm³/mol. The first-order chi connectivity index (χ1) is 8.60. The lowest BCUT2D eigenvalue weighted by Crippen LogP contribution is -2.47. The Morgan fingerprint density at radius 2 is 1.94 bits per heavy atom. The molecule has 0 aromatic rings. The first kappa shape index (κ1) is 13.8. The van der Waals surface area contributed by atoms with Crippen LogP contribution in [0.1, 0.15) is 33.6 Å². The number of carbonyl (C=O) groups is 1. The van der Waals surface area contributed by atoms with E-state index in [0.29, 0.717) is 12.6 Å². The zero-order valence-electron chi connectivity index (χ0n) is 11.8. The summed E-state index contributed by atoms with van der Waals surface area (Å²) >= 11 is 0. The topological polar surface area (TPSA) is 41.6 Å². The van der Waals surface area contributed by atoms with Gasteiger partial charge in [0.25, 0.3) is 0 Å². The minimum atomic E-state index is -0.144. The average molecular weight is 254 g/mol. The van der Waals surface area contributed by atoms with Crippen molar-refractivity contribution in [3.63, 3.8) is 0 Å². The molecule has 2 aliphatic rings. The molecule has 0 bridgehead atoms. The van der Waals surface area contributed by atoms with Crippen LogP contribution in [0.2, 0.25) is 0 Å². The van der Waals surface area contributed by atoms with E-state index >= 15 is 0 Å². The molecule has 4 nitrogen and oxygen atoms in total. The van der Waals surface area contributed by atoms with Crippen LogP contribution in [0.3, 0.4) is 0 Å². The maximum absolute atomic E-state index is 11.9. The lowest BCUT2D eigenvalue weighted by Gasteiger charge is -2.23. The highest BCUT2D eigenvalue weighted by atomic mass is 16.5. The predicted octanol–water partition coefficient (Wildman–Crippen LogP) is 1.26. The molecule has 1 N–H and O–H groups in total. The molecule has 18 heavy (non-hydrogen) atoms. The minimum absolute atomic E-state index is 0.0865. The zero-order valence-corrected chi connectivity index (χ0v) is 11.8. The Hall–Kier alpha value is -0.610. The van der Waals surface area contributed by atoms with Crippen LogP contribution in [0.5, 0.6) is 0 Å². The van der Waals surface area contributed by atoms with Gasteiger partial charge in [-0.05, 0) is 31.6 Å². The third-order valence-electron chi connectivity index (χ3n) is 4.09. The Morgan fingerprint density at radius 3 is 2.44 bits per heavy atom. The van der Waals surface area contributed by atoms with Crippen molar-refractivity contribution >= 4 is 5.97 Å². The Balaban J connectivity index is 1.85. The quantitative estimate of drug-likeness (QED) is 0.725. The number of carbonyl (C=O) groups excluding carboxylic acids is 1. The van der Waals surface area contributed by atoms with Crippen LogP contribution in [0.25, 0.3) is 0 Å². The summed E-state index contributed by atoms with van der Waals surface area (Å²) in [5.74, 6) is 1.37. The lowest BCUT2D eigenvalue weighted by atomic mass is 10.0. The molecule has 1 saturated carbocycles. The van der Waals surface area contributed by atoms with Crippen molar-refractivity contribution in [3.05, 3.63) is 0 Å². The maximum atomic E-state index is 11.9. The molecule has 1 saturated heterocycles. The van der Waals surface area contributed by atoms with Crippen molar-refractivity contribution in [2.24, 2.45) is 11.8 Å². The van der Waals surface area contributed by atoms with Gasteiger partial charge in [-0.3, -0.25) is 4.79 Å². The molecule has 1 aliphatic carbocycles. The number of likely N-dealkylation sites (tertiary alicyclic amines) is 1. The molecule has 2 rings (SSSR count). The molecule has 1 aliphatic heterocycles. The van der Waals surface area contributed by atoms with Gasteiger partial charge in [-0.1, -0.05) is 13.8 Å². The van der Waals surface area contributed by atoms with Crippen molar-refractivity contribution in [1.82, 2.24) is 10.2 Å². The summed E-state index contributed by atoms with van der Waals surface area (Å²) < 4.78 is 5.17. The molecule has 0 amide bonds. The van der Waals surface area contributed by atoms with Crippen LogP contribution in [-0.2, 0) is 9.53 Å². The van der Waals surface area contributed by atoms with Crippen molar-refractivity contribution in [2.75, 3.05) is 26.2 Å². The Kier molecular flexibility index (Phi) is 4.62. The lowest BCUT2D eigenvalue weighted by molar-refractivity contribution is -0.146. The fraction of sp³-hybridized carbons (Fsp3) is 0.929. The number of nitrogens with one attached hydrogen (secondary N) is 1. The summed E-state index contributed by atoms with van der Waals surface area (Å²) in [5.41, 5.74) is 0. The molecular formula is C14H26N2O2. The van der Waals surface area contributed by atoms with Crippen LogP contribution in [0, 0.1) is 11.8 Å². The number of esters is 1. The van der Waals surface area contributed by atoms with Crippen molar-refractivity contribution < 1.29 is 9.53 Å². The highest BCUT2D eigenvalue weighted by Gasteiger charge is 2.33. The summed E-state index contributed by atoms with van der Waals surface area (Å²) in [4.78, 5) is 14.3. The monoisotopic (exact) mass is 254 g/mol. The van der Waals surface area contributed by atoms with E-state index in [1.165, 1.54) is 12.8 Å². The van der Waals surface area contributed by atoms with Gasteiger partial charge in [0.2, 0.25) is 0 Å². The third kappa shape index (κ3) is 3.69. The zero-order chi connectivity index (χ0) is 13.1. The number of rotatable bonds is 6. The number of ether oxygens (including phenoxy) is 1. The van der Waals surface area contributed by atoms with E-state index in [1.54, 1.807) is 0 Å². The van der Waals surface area contributed by atoms with Crippen molar-refractivity contribution in [2.45, 2.75) is 45.7 Å². The summed E-state index contributed by atoms with van der Waals surface area (Å²) in [6, 6.07) is 0.395. The molecule has 0 radical (unpaired) electrons. The Bertz CT molecular complexity index is 282. The SMILES string of the molecule is CCOC(=O)C(CN1CC(C)C(C)C1)NC1CC1. The van der Waals surface area contributed by atoms with Gasteiger partial charge in [0.1, 0.15) is 6.04 Å². The van der Waals surface area contributed by atoms with E-state index in [2.05, 4.69) is 24.1 Å². The first-order valence-corrected chi connectivity index (χ1v) is 7.25. The van der Waals surface area contributed by atoms with Crippen LogP contribution in [0.4, 0.5) is 0 Å². The van der Waals surface area contributed by atoms with Gasteiger partial charge in [0, 0.05) is 25.7 Å². The van der Waals surface area contributed by atoms with Crippen LogP contribution >= 0.6 is 0 Å².